The summed E-state index contributed by atoms with van der Waals surface area (Å²) in [6.07, 6.45) is -11.7. The average Bonchev–Trinajstić information content (AvgIpc) is 2.59. The number of benzene rings is 2. The molecular weight excluding hydrogens is 404 g/mol. The molecule has 154 valence electrons. The molecule has 0 spiro atoms. The third kappa shape index (κ3) is 3.84. The SMILES string of the molecule is COc1cccc(C(O)(c2ccccc2OC(F)(F)F)C(F)(F)C(F)(F)F)c1. The number of ether oxygens (including phenoxy) is 2. The Morgan fingerprint density at radius 3 is 1.96 bits per heavy atom. The third-order valence-corrected chi connectivity index (χ3v) is 3.80. The Balaban J connectivity index is 2.85. The molecule has 0 saturated heterocycles. The normalized spacial score (nSPS) is 15.1. The quantitative estimate of drug-likeness (QED) is 0.696. The van der Waals surface area contributed by atoms with Crippen molar-refractivity contribution in [3.8, 4) is 11.5 Å². The summed E-state index contributed by atoms with van der Waals surface area (Å²) in [5.74, 6) is -7.51. The van der Waals surface area contributed by atoms with Crippen molar-refractivity contribution in [3.63, 3.8) is 0 Å². The minimum atomic E-state index is -6.31. The van der Waals surface area contributed by atoms with E-state index in [9.17, 15) is 40.2 Å². The second kappa shape index (κ2) is 7.12. The van der Waals surface area contributed by atoms with Crippen molar-refractivity contribution in [2.45, 2.75) is 24.1 Å². The van der Waals surface area contributed by atoms with Crippen LogP contribution in [0.25, 0.3) is 0 Å². The summed E-state index contributed by atoms with van der Waals surface area (Å²) in [5.41, 5.74) is -6.72. The van der Waals surface area contributed by atoms with Crippen LogP contribution in [0.15, 0.2) is 48.5 Å². The first-order valence-electron chi connectivity index (χ1n) is 7.40. The van der Waals surface area contributed by atoms with Crippen LogP contribution in [0.1, 0.15) is 11.1 Å². The van der Waals surface area contributed by atoms with Crippen LogP contribution in [0.3, 0.4) is 0 Å². The molecule has 3 nitrogen and oxygen atoms in total. The fraction of sp³-hybridized carbons (Fsp3) is 0.294. The number of rotatable bonds is 5. The Kier molecular flexibility index (Phi) is 5.52. The van der Waals surface area contributed by atoms with Crippen molar-refractivity contribution in [2.24, 2.45) is 0 Å². The molecule has 2 aromatic rings. The molecule has 2 aromatic carbocycles. The van der Waals surface area contributed by atoms with Crippen LogP contribution in [-0.4, -0.2) is 30.7 Å². The predicted molar refractivity (Wildman–Crippen MR) is 80.1 cm³/mol. The number of halogens is 8. The van der Waals surface area contributed by atoms with Gasteiger partial charge in [-0.15, -0.1) is 13.2 Å². The van der Waals surface area contributed by atoms with Crippen LogP contribution < -0.4 is 9.47 Å². The average molecular weight is 416 g/mol. The Morgan fingerprint density at radius 1 is 0.821 bits per heavy atom. The maximum Gasteiger partial charge on any atom is 0.573 e. The van der Waals surface area contributed by atoms with Gasteiger partial charge in [-0.1, -0.05) is 30.3 Å². The van der Waals surface area contributed by atoms with Gasteiger partial charge in [0.05, 0.1) is 7.11 Å². The van der Waals surface area contributed by atoms with Gasteiger partial charge >= 0.3 is 18.5 Å². The van der Waals surface area contributed by atoms with E-state index in [0.717, 1.165) is 25.3 Å². The molecule has 1 atom stereocenters. The van der Waals surface area contributed by atoms with Crippen LogP contribution in [-0.2, 0) is 5.60 Å². The van der Waals surface area contributed by atoms with Crippen LogP contribution in [0.2, 0.25) is 0 Å². The summed E-state index contributed by atoms with van der Waals surface area (Å²) in [7, 11) is 1.08. The minimum absolute atomic E-state index is 0.205. The van der Waals surface area contributed by atoms with Gasteiger partial charge in [-0.3, -0.25) is 0 Å². The summed E-state index contributed by atoms with van der Waals surface area (Å²) >= 11 is 0. The molecule has 0 amide bonds. The van der Waals surface area contributed by atoms with Crippen LogP contribution >= 0.6 is 0 Å². The van der Waals surface area contributed by atoms with E-state index < -0.39 is 40.9 Å². The molecule has 0 heterocycles. The first-order chi connectivity index (χ1) is 12.7. The van der Waals surface area contributed by atoms with Crippen LogP contribution in [0.4, 0.5) is 35.1 Å². The number of methoxy groups -OCH3 is 1. The molecule has 1 N–H and O–H groups in total. The highest BCUT2D eigenvalue weighted by Crippen LogP contribution is 2.54. The predicted octanol–water partition coefficient (Wildman–Crippen LogP) is 5.03. The summed E-state index contributed by atoms with van der Waals surface area (Å²) in [4.78, 5) is 0. The van der Waals surface area contributed by atoms with Gasteiger partial charge in [0.15, 0.2) is 5.60 Å². The smallest absolute Gasteiger partial charge is 0.497 e. The number of hydrogen-bond acceptors (Lipinski definition) is 3. The summed E-state index contributed by atoms with van der Waals surface area (Å²) in [5, 5.41) is 10.6. The lowest BCUT2D eigenvalue weighted by Gasteiger charge is -2.38. The van der Waals surface area contributed by atoms with E-state index in [1.54, 1.807) is 0 Å². The zero-order valence-electron chi connectivity index (χ0n) is 13.9. The monoisotopic (exact) mass is 416 g/mol. The highest BCUT2D eigenvalue weighted by Gasteiger charge is 2.72. The molecule has 0 aliphatic carbocycles. The highest BCUT2D eigenvalue weighted by molar-refractivity contribution is 5.49. The minimum Gasteiger partial charge on any atom is -0.497 e. The van der Waals surface area contributed by atoms with Gasteiger partial charge in [-0.2, -0.15) is 22.0 Å². The van der Waals surface area contributed by atoms with Crippen molar-refractivity contribution in [2.75, 3.05) is 7.11 Å². The van der Waals surface area contributed by atoms with Crippen molar-refractivity contribution in [3.05, 3.63) is 59.7 Å². The van der Waals surface area contributed by atoms with Crippen molar-refractivity contribution in [1.82, 2.24) is 0 Å². The largest absolute Gasteiger partial charge is 0.573 e. The summed E-state index contributed by atoms with van der Waals surface area (Å²) < 4.78 is 115. The number of para-hydroxylation sites is 1. The van der Waals surface area contributed by atoms with E-state index >= 15 is 0 Å². The highest BCUT2D eigenvalue weighted by atomic mass is 19.4. The van der Waals surface area contributed by atoms with Gasteiger partial charge in [-0.05, 0) is 23.8 Å². The Hall–Kier alpha value is -2.56. The van der Waals surface area contributed by atoms with E-state index in [2.05, 4.69) is 4.74 Å². The molecule has 2 rings (SSSR count). The molecular formula is C17H12F8O3. The van der Waals surface area contributed by atoms with E-state index in [1.807, 2.05) is 0 Å². The fourth-order valence-electron chi connectivity index (χ4n) is 2.54. The van der Waals surface area contributed by atoms with E-state index in [-0.39, 0.29) is 5.75 Å². The maximum atomic E-state index is 14.4. The summed E-state index contributed by atoms with van der Waals surface area (Å²) in [6.45, 7) is 0. The van der Waals surface area contributed by atoms with Gasteiger partial charge < -0.3 is 14.6 Å². The Morgan fingerprint density at radius 2 is 1.43 bits per heavy atom. The molecule has 0 aliphatic rings. The molecule has 0 aromatic heterocycles. The number of hydrogen-bond donors (Lipinski definition) is 1. The van der Waals surface area contributed by atoms with E-state index in [4.69, 9.17) is 4.74 Å². The molecule has 0 bridgehead atoms. The van der Waals surface area contributed by atoms with E-state index in [0.29, 0.717) is 24.3 Å². The first kappa shape index (κ1) is 21.7. The summed E-state index contributed by atoms with van der Waals surface area (Å²) in [6, 6.07) is 6.35. The van der Waals surface area contributed by atoms with Gasteiger partial charge in [0.25, 0.3) is 0 Å². The Bertz CT molecular complexity index is 832. The van der Waals surface area contributed by atoms with Crippen LogP contribution in [0.5, 0.6) is 11.5 Å². The van der Waals surface area contributed by atoms with Crippen LogP contribution in [0, 0.1) is 0 Å². The molecule has 0 radical (unpaired) electrons. The molecule has 0 fully saturated rings. The molecule has 11 heteroatoms. The first-order valence-corrected chi connectivity index (χ1v) is 7.40. The lowest BCUT2D eigenvalue weighted by Crippen LogP contribution is -2.55. The van der Waals surface area contributed by atoms with E-state index in [1.165, 1.54) is 6.07 Å². The van der Waals surface area contributed by atoms with Gasteiger partial charge in [-0.25, -0.2) is 0 Å². The van der Waals surface area contributed by atoms with Gasteiger partial charge in [0.1, 0.15) is 11.5 Å². The zero-order valence-corrected chi connectivity index (χ0v) is 13.9. The fourth-order valence-corrected chi connectivity index (χ4v) is 2.54. The van der Waals surface area contributed by atoms with Crippen molar-refractivity contribution >= 4 is 0 Å². The van der Waals surface area contributed by atoms with Gasteiger partial charge in [0, 0.05) is 5.56 Å². The zero-order chi connectivity index (χ0) is 21.4. The third-order valence-electron chi connectivity index (χ3n) is 3.80. The van der Waals surface area contributed by atoms with Crippen molar-refractivity contribution in [1.29, 1.82) is 0 Å². The lowest BCUT2D eigenvalue weighted by atomic mass is 9.80. The lowest BCUT2D eigenvalue weighted by molar-refractivity contribution is -0.337. The second-order valence-electron chi connectivity index (χ2n) is 5.56. The molecule has 1 unspecified atom stereocenters. The standard InChI is InChI=1S/C17H12F8O3/c1-27-11-6-4-5-10(9-11)14(26,15(18,19)16(20,21)22)12-7-2-3-8-13(12)28-17(23,24)25/h2-9,26H,1H3. The maximum absolute atomic E-state index is 14.4. The molecule has 28 heavy (non-hydrogen) atoms. The van der Waals surface area contributed by atoms with Crippen molar-refractivity contribution < 1.29 is 49.7 Å². The Labute approximate surface area is 153 Å². The van der Waals surface area contributed by atoms with Gasteiger partial charge in [0.2, 0.25) is 0 Å². The topological polar surface area (TPSA) is 38.7 Å². The number of alkyl halides is 8. The molecule has 0 aliphatic heterocycles. The number of aliphatic hydroxyl groups is 1. The molecule has 0 saturated carbocycles. The second-order valence-corrected chi connectivity index (χ2v) is 5.56.